The van der Waals surface area contributed by atoms with Crippen LogP contribution >= 0.6 is 0 Å². The fourth-order valence-electron chi connectivity index (χ4n) is 2.36. The summed E-state index contributed by atoms with van der Waals surface area (Å²) in [4.78, 5) is 15.6. The third-order valence-corrected chi connectivity index (χ3v) is 3.23. The molecule has 0 unspecified atom stereocenters. The highest BCUT2D eigenvalue weighted by Crippen LogP contribution is 2.29. The molecule has 1 aromatic carbocycles. The van der Waals surface area contributed by atoms with Crippen molar-refractivity contribution in [2.75, 3.05) is 0 Å². The van der Waals surface area contributed by atoms with Gasteiger partial charge < -0.3 is 5.11 Å². The zero-order valence-electron chi connectivity index (χ0n) is 10.4. The van der Waals surface area contributed by atoms with Crippen LogP contribution in [0.1, 0.15) is 16.1 Å². The number of hydrogen-bond donors (Lipinski definition) is 1. The third-order valence-electron chi connectivity index (χ3n) is 3.23. The van der Waals surface area contributed by atoms with Crippen molar-refractivity contribution in [3.8, 4) is 11.6 Å². The number of aldehydes is 1. The van der Waals surface area contributed by atoms with E-state index in [0.29, 0.717) is 5.56 Å². The van der Waals surface area contributed by atoms with Crippen molar-refractivity contribution in [3.05, 3.63) is 53.9 Å². The molecule has 1 N–H and O–H groups in total. The van der Waals surface area contributed by atoms with E-state index in [1.807, 2.05) is 29.7 Å². The van der Waals surface area contributed by atoms with E-state index in [4.69, 9.17) is 0 Å². The van der Waals surface area contributed by atoms with Crippen molar-refractivity contribution in [2.24, 2.45) is 0 Å². The summed E-state index contributed by atoms with van der Waals surface area (Å²) in [6.45, 7) is 1.87. The van der Waals surface area contributed by atoms with Gasteiger partial charge in [0.25, 0.3) is 0 Å². The van der Waals surface area contributed by atoms with Crippen LogP contribution in [0.5, 0.6) is 5.75 Å². The van der Waals surface area contributed by atoms with Crippen molar-refractivity contribution in [1.82, 2.24) is 9.55 Å². The molecule has 2 heterocycles. The molecule has 0 saturated carbocycles. The molecule has 0 bridgehead atoms. The fourth-order valence-corrected chi connectivity index (χ4v) is 2.36. The van der Waals surface area contributed by atoms with E-state index < -0.39 is 0 Å². The van der Waals surface area contributed by atoms with Crippen LogP contribution in [0.4, 0.5) is 0 Å². The van der Waals surface area contributed by atoms with Gasteiger partial charge in [-0.15, -0.1) is 0 Å². The van der Waals surface area contributed by atoms with E-state index >= 15 is 0 Å². The van der Waals surface area contributed by atoms with E-state index in [1.165, 1.54) is 0 Å². The van der Waals surface area contributed by atoms with Crippen LogP contribution < -0.4 is 0 Å². The van der Waals surface area contributed by atoms with E-state index in [-0.39, 0.29) is 5.75 Å². The Bertz CT molecular complexity index is 761. The average Bonchev–Trinajstić information content (AvgIpc) is 2.70. The minimum absolute atomic E-state index is 0.147. The minimum atomic E-state index is 0.147. The number of hydrogen-bond acceptors (Lipinski definition) is 3. The Morgan fingerprint density at radius 1 is 1.26 bits per heavy atom. The monoisotopic (exact) mass is 252 g/mol. The summed E-state index contributed by atoms with van der Waals surface area (Å²) in [7, 11) is 0. The lowest BCUT2D eigenvalue weighted by atomic mass is 10.1. The molecule has 0 radical (unpaired) electrons. The highest BCUT2D eigenvalue weighted by Gasteiger charge is 2.15. The lowest BCUT2D eigenvalue weighted by Gasteiger charge is -2.06. The Balaban J connectivity index is 2.43. The summed E-state index contributed by atoms with van der Waals surface area (Å²) in [6, 6.07) is 10.6. The summed E-state index contributed by atoms with van der Waals surface area (Å²) in [6.07, 6.45) is 2.53. The third kappa shape index (κ3) is 1.69. The maximum Gasteiger partial charge on any atom is 0.152 e. The van der Waals surface area contributed by atoms with E-state index in [1.54, 1.807) is 24.4 Å². The van der Waals surface area contributed by atoms with E-state index in [9.17, 15) is 9.90 Å². The number of fused-ring (bicyclic) bond motifs is 1. The Labute approximate surface area is 109 Å². The van der Waals surface area contributed by atoms with Crippen molar-refractivity contribution in [2.45, 2.75) is 6.92 Å². The highest BCUT2D eigenvalue weighted by atomic mass is 16.3. The van der Waals surface area contributed by atoms with Gasteiger partial charge in [0.1, 0.15) is 11.6 Å². The van der Waals surface area contributed by atoms with Crippen molar-refractivity contribution in [3.63, 3.8) is 0 Å². The van der Waals surface area contributed by atoms with Crippen LogP contribution in [0.25, 0.3) is 16.7 Å². The minimum Gasteiger partial charge on any atom is -0.508 e. The average molecular weight is 252 g/mol. The molecule has 0 spiro atoms. The number of carbonyl (C=O) groups excluding carboxylic acids is 1. The van der Waals surface area contributed by atoms with Crippen molar-refractivity contribution >= 4 is 17.2 Å². The van der Waals surface area contributed by atoms with E-state index in [2.05, 4.69) is 4.98 Å². The largest absolute Gasteiger partial charge is 0.508 e. The summed E-state index contributed by atoms with van der Waals surface area (Å²) in [5, 5.41) is 10.3. The van der Waals surface area contributed by atoms with Gasteiger partial charge in [0.15, 0.2) is 6.29 Å². The van der Waals surface area contributed by atoms with Gasteiger partial charge in [-0.2, -0.15) is 0 Å². The second-order valence-corrected chi connectivity index (χ2v) is 4.34. The number of aromatic hydroxyl groups is 1. The number of pyridine rings is 1. The number of aromatic nitrogens is 2. The quantitative estimate of drug-likeness (QED) is 0.713. The van der Waals surface area contributed by atoms with Crippen LogP contribution in [0.2, 0.25) is 0 Å². The number of rotatable bonds is 2. The standard InChI is InChI=1S/C15H12N2O2/c1-10-13(9-18)12-8-11(19)5-6-14(12)17(10)15-4-2-3-7-16-15/h2-9,19H,1H3. The fraction of sp³-hybridized carbons (Fsp3) is 0.0667. The molecule has 0 fully saturated rings. The maximum atomic E-state index is 11.3. The summed E-state index contributed by atoms with van der Waals surface area (Å²) >= 11 is 0. The lowest BCUT2D eigenvalue weighted by molar-refractivity contribution is 0.112. The number of nitrogens with zero attached hydrogens (tertiary/aromatic N) is 2. The molecule has 94 valence electrons. The lowest BCUT2D eigenvalue weighted by Crippen LogP contribution is -1.99. The van der Waals surface area contributed by atoms with E-state index in [0.717, 1.165) is 28.7 Å². The maximum absolute atomic E-state index is 11.3. The molecule has 0 aliphatic carbocycles. The van der Waals surface area contributed by atoms with Crippen LogP contribution in [-0.2, 0) is 0 Å². The predicted octanol–water partition coefficient (Wildman–Crippen LogP) is 2.85. The van der Waals surface area contributed by atoms with Crippen molar-refractivity contribution < 1.29 is 9.90 Å². The van der Waals surface area contributed by atoms with Gasteiger partial charge in [-0.3, -0.25) is 9.36 Å². The Morgan fingerprint density at radius 2 is 2.11 bits per heavy atom. The molecule has 0 saturated heterocycles. The van der Waals surface area contributed by atoms with Gasteiger partial charge >= 0.3 is 0 Å². The first-order valence-electron chi connectivity index (χ1n) is 5.93. The highest BCUT2D eigenvalue weighted by molar-refractivity contribution is 6.00. The number of phenolic OH excluding ortho intramolecular Hbond substituents is 1. The first-order valence-corrected chi connectivity index (χ1v) is 5.93. The van der Waals surface area contributed by atoms with Gasteiger partial charge in [0.05, 0.1) is 5.52 Å². The smallest absolute Gasteiger partial charge is 0.152 e. The molecule has 4 nitrogen and oxygen atoms in total. The molecule has 4 heteroatoms. The number of phenols is 1. The number of benzene rings is 1. The molecule has 19 heavy (non-hydrogen) atoms. The zero-order chi connectivity index (χ0) is 13.4. The van der Waals surface area contributed by atoms with Gasteiger partial charge in [-0.05, 0) is 37.3 Å². The molecular weight excluding hydrogens is 240 g/mol. The summed E-state index contributed by atoms with van der Waals surface area (Å²) in [5.74, 6) is 0.901. The number of carbonyl (C=O) groups is 1. The molecule has 0 aliphatic heterocycles. The molecular formula is C15H12N2O2. The Kier molecular flexibility index (Phi) is 2.56. The first-order chi connectivity index (χ1) is 9.22. The molecule has 0 amide bonds. The van der Waals surface area contributed by atoms with Crippen LogP contribution in [0.3, 0.4) is 0 Å². The van der Waals surface area contributed by atoms with Crippen LogP contribution in [0.15, 0.2) is 42.6 Å². The topological polar surface area (TPSA) is 55.1 Å². The predicted molar refractivity (Wildman–Crippen MR) is 72.9 cm³/mol. The van der Waals surface area contributed by atoms with Gasteiger partial charge in [-0.1, -0.05) is 6.07 Å². The van der Waals surface area contributed by atoms with Crippen LogP contribution in [-0.4, -0.2) is 20.9 Å². The molecule has 0 aliphatic rings. The normalized spacial score (nSPS) is 10.8. The first kappa shape index (κ1) is 11.5. The van der Waals surface area contributed by atoms with Gasteiger partial charge in [0.2, 0.25) is 0 Å². The Hall–Kier alpha value is -2.62. The molecule has 0 atom stereocenters. The van der Waals surface area contributed by atoms with Crippen LogP contribution in [0, 0.1) is 6.92 Å². The van der Waals surface area contributed by atoms with Gasteiger partial charge in [0, 0.05) is 22.8 Å². The molecule has 3 rings (SSSR count). The van der Waals surface area contributed by atoms with Crippen molar-refractivity contribution in [1.29, 1.82) is 0 Å². The molecule has 3 aromatic rings. The second kappa shape index (κ2) is 4.24. The second-order valence-electron chi connectivity index (χ2n) is 4.34. The Morgan fingerprint density at radius 3 is 2.79 bits per heavy atom. The SMILES string of the molecule is Cc1c(C=O)c2cc(O)ccc2n1-c1ccccn1. The van der Waals surface area contributed by atoms with Gasteiger partial charge in [-0.25, -0.2) is 4.98 Å². The summed E-state index contributed by atoms with van der Waals surface area (Å²) in [5.41, 5.74) is 2.25. The zero-order valence-corrected chi connectivity index (χ0v) is 10.4. The molecule has 2 aromatic heterocycles. The summed E-state index contributed by atoms with van der Waals surface area (Å²) < 4.78 is 1.92.